The molecule has 0 bridgehead atoms. The predicted molar refractivity (Wildman–Crippen MR) is 89.1 cm³/mol. The maximum Gasteiger partial charge on any atom is 0.317 e. The first-order valence-corrected chi connectivity index (χ1v) is 7.91. The maximum absolute atomic E-state index is 12.4. The molecule has 0 spiro atoms. The summed E-state index contributed by atoms with van der Waals surface area (Å²) in [5.41, 5.74) is 1.96. The van der Waals surface area contributed by atoms with Crippen LogP contribution in [-0.4, -0.2) is 41.0 Å². The monoisotopic (exact) mass is 330 g/mol. The van der Waals surface area contributed by atoms with Gasteiger partial charge in [0.05, 0.1) is 18.8 Å². The van der Waals surface area contributed by atoms with E-state index in [9.17, 15) is 4.79 Å². The minimum absolute atomic E-state index is 0.135. The lowest BCUT2D eigenvalue weighted by Gasteiger charge is -2.23. The van der Waals surface area contributed by atoms with E-state index in [2.05, 4.69) is 10.4 Å². The lowest BCUT2D eigenvalue weighted by Crippen LogP contribution is -2.38. The van der Waals surface area contributed by atoms with Gasteiger partial charge < -0.3 is 19.7 Å². The van der Waals surface area contributed by atoms with E-state index in [0.29, 0.717) is 19.8 Å². The molecule has 2 amide bonds. The SMILES string of the molecule is C[C@@H](NC(=O)N(C)Cc1cnn(C)c1)c1ccc2c(c1)OCCO2. The van der Waals surface area contributed by atoms with Gasteiger partial charge in [0.15, 0.2) is 11.5 Å². The summed E-state index contributed by atoms with van der Waals surface area (Å²) in [4.78, 5) is 14.0. The number of amides is 2. The zero-order chi connectivity index (χ0) is 17.1. The number of fused-ring (bicyclic) bond motifs is 1. The second-order valence-corrected chi connectivity index (χ2v) is 5.95. The molecule has 0 radical (unpaired) electrons. The Kier molecular flexibility index (Phi) is 4.59. The van der Waals surface area contributed by atoms with E-state index in [0.717, 1.165) is 22.6 Å². The third-order valence-corrected chi connectivity index (χ3v) is 3.93. The van der Waals surface area contributed by atoms with Crippen molar-refractivity contribution >= 4 is 6.03 Å². The minimum Gasteiger partial charge on any atom is -0.486 e. The second kappa shape index (κ2) is 6.82. The highest BCUT2D eigenvalue weighted by molar-refractivity contribution is 5.74. The van der Waals surface area contributed by atoms with Crippen molar-refractivity contribution in [2.75, 3.05) is 20.3 Å². The summed E-state index contributed by atoms with van der Waals surface area (Å²) in [6.07, 6.45) is 3.65. The first kappa shape index (κ1) is 16.2. The lowest BCUT2D eigenvalue weighted by atomic mass is 10.1. The second-order valence-electron chi connectivity index (χ2n) is 5.95. The fraction of sp³-hybridized carbons (Fsp3) is 0.412. The van der Waals surface area contributed by atoms with Gasteiger partial charge in [0.2, 0.25) is 0 Å². The number of ether oxygens (including phenoxy) is 2. The van der Waals surface area contributed by atoms with Crippen LogP contribution in [0.4, 0.5) is 4.79 Å². The van der Waals surface area contributed by atoms with Crippen LogP contribution < -0.4 is 14.8 Å². The van der Waals surface area contributed by atoms with Gasteiger partial charge in [0.25, 0.3) is 0 Å². The van der Waals surface area contributed by atoms with Crippen LogP contribution in [0.15, 0.2) is 30.6 Å². The van der Waals surface area contributed by atoms with E-state index < -0.39 is 0 Å². The number of rotatable bonds is 4. The van der Waals surface area contributed by atoms with Crippen molar-refractivity contribution in [2.45, 2.75) is 19.5 Å². The molecule has 1 aromatic carbocycles. The molecule has 7 heteroatoms. The van der Waals surface area contributed by atoms with E-state index in [1.165, 1.54) is 0 Å². The highest BCUT2D eigenvalue weighted by atomic mass is 16.6. The average Bonchev–Trinajstić information content (AvgIpc) is 2.99. The van der Waals surface area contributed by atoms with E-state index >= 15 is 0 Å². The fourth-order valence-corrected chi connectivity index (χ4v) is 2.61. The van der Waals surface area contributed by atoms with E-state index in [1.807, 2.05) is 38.4 Å². The quantitative estimate of drug-likeness (QED) is 0.932. The number of hydrogen-bond donors (Lipinski definition) is 1. The molecule has 24 heavy (non-hydrogen) atoms. The summed E-state index contributed by atoms with van der Waals surface area (Å²) >= 11 is 0. The summed E-state index contributed by atoms with van der Waals surface area (Å²) in [7, 11) is 3.62. The summed E-state index contributed by atoms with van der Waals surface area (Å²) in [6, 6.07) is 5.47. The molecule has 0 fully saturated rings. The molecule has 1 atom stereocenters. The standard InChI is InChI=1S/C17H22N4O3/c1-12(14-4-5-15-16(8-14)24-7-6-23-15)19-17(22)20(2)10-13-9-18-21(3)11-13/h4-5,8-9,11-12H,6-7,10H2,1-3H3,(H,19,22)/t12-/m1/s1. The van der Waals surface area contributed by atoms with Gasteiger partial charge in [-0.1, -0.05) is 6.07 Å². The van der Waals surface area contributed by atoms with Crippen LogP contribution in [0.3, 0.4) is 0 Å². The molecule has 0 unspecified atom stereocenters. The molecule has 1 aromatic heterocycles. The van der Waals surface area contributed by atoms with Crippen molar-refractivity contribution in [3.8, 4) is 11.5 Å². The number of nitrogens with one attached hydrogen (secondary N) is 1. The molecular weight excluding hydrogens is 308 g/mol. The highest BCUT2D eigenvalue weighted by Crippen LogP contribution is 2.32. The summed E-state index contributed by atoms with van der Waals surface area (Å²) < 4.78 is 12.8. The van der Waals surface area contributed by atoms with Crippen molar-refractivity contribution in [2.24, 2.45) is 7.05 Å². The third-order valence-electron chi connectivity index (χ3n) is 3.93. The van der Waals surface area contributed by atoms with Crippen molar-refractivity contribution in [3.63, 3.8) is 0 Å². The molecule has 2 aromatic rings. The van der Waals surface area contributed by atoms with Crippen molar-refractivity contribution in [1.82, 2.24) is 20.0 Å². The van der Waals surface area contributed by atoms with E-state index in [-0.39, 0.29) is 12.1 Å². The zero-order valence-electron chi connectivity index (χ0n) is 14.2. The number of carbonyl (C=O) groups excluding carboxylic acids is 1. The summed E-state index contributed by atoms with van der Waals surface area (Å²) in [5, 5.41) is 7.10. The Balaban J connectivity index is 1.61. The number of aromatic nitrogens is 2. The molecule has 3 rings (SSSR count). The Labute approximate surface area is 141 Å². The number of nitrogens with zero attached hydrogens (tertiary/aromatic N) is 3. The molecule has 0 aliphatic carbocycles. The third kappa shape index (κ3) is 3.61. The maximum atomic E-state index is 12.4. The minimum atomic E-state index is -0.138. The Bertz CT molecular complexity index is 728. The highest BCUT2D eigenvalue weighted by Gasteiger charge is 2.17. The zero-order valence-corrected chi connectivity index (χ0v) is 14.2. The first-order valence-electron chi connectivity index (χ1n) is 7.91. The average molecular weight is 330 g/mol. The molecule has 0 saturated carbocycles. The molecule has 1 aliphatic rings. The Morgan fingerprint density at radius 2 is 2.12 bits per heavy atom. The normalized spacial score (nSPS) is 14.1. The number of aryl methyl sites for hydroxylation is 1. The number of hydrogen-bond acceptors (Lipinski definition) is 4. The Morgan fingerprint density at radius 3 is 2.83 bits per heavy atom. The fourth-order valence-electron chi connectivity index (χ4n) is 2.61. The molecule has 1 aliphatic heterocycles. The van der Waals surface area contributed by atoms with Gasteiger partial charge in [0, 0.05) is 25.9 Å². The molecule has 128 valence electrons. The van der Waals surface area contributed by atoms with Crippen molar-refractivity contribution < 1.29 is 14.3 Å². The van der Waals surface area contributed by atoms with E-state index in [1.54, 1.807) is 22.8 Å². The first-order chi connectivity index (χ1) is 11.5. The van der Waals surface area contributed by atoms with Gasteiger partial charge in [-0.05, 0) is 24.6 Å². The van der Waals surface area contributed by atoms with Gasteiger partial charge in [-0.3, -0.25) is 4.68 Å². The summed E-state index contributed by atoms with van der Waals surface area (Å²) in [6.45, 7) is 3.57. The molecule has 7 nitrogen and oxygen atoms in total. The van der Waals surface area contributed by atoms with Gasteiger partial charge in [-0.15, -0.1) is 0 Å². The van der Waals surface area contributed by atoms with Crippen molar-refractivity contribution in [1.29, 1.82) is 0 Å². The van der Waals surface area contributed by atoms with Crippen LogP contribution in [0.2, 0.25) is 0 Å². The topological polar surface area (TPSA) is 68.6 Å². The largest absolute Gasteiger partial charge is 0.486 e. The van der Waals surface area contributed by atoms with Gasteiger partial charge in [0.1, 0.15) is 13.2 Å². The molecular formula is C17H22N4O3. The molecule has 2 heterocycles. The number of benzene rings is 1. The number of carbonyl (C=O) groups is 1. The van der Waals surface area contributed by atoms with Crippen LogP contribution >= 0.6 is 0 Å². The lowest BCUT2D eigenvalue weighted by molar-refractivity contribution is 0.171. The predicted octanol–water partition coefficient (Wildman–Crippen LogP) is 2.09. The molecule has 1 N–H and O–H groups in total. The Hall–Kier alpha value is -2.70. The van der Waals surface area contributed by atoms with Crippen LogP contribution in [-0.2, 0) is 13.6 Å². The van der Waals surface area contributed by atoms with Crippen LogP contribution in [0, 0.1) is 0 Å². The van der Waals surface area contributed by atoms with Crippen LogP contribution in [0.1, 0.15) is 24.1 Å². The van der Waals surface area contributed by atoms with E-state index in [4.69, 9.17) is 9.47 Å². The number of urea groups is 1. The molecule has 0 saturated heterocycles. The van der Waals surface area contributed by atoms with Gasteiger partial charge >= 0.3 is 6.03 Å². The summed E-state index contributed by atoms with van der Waals surface area (Å²) in [5.74, 6) is 1.47. The van der Waals surface area contributed by atoms with Crippen LogP contribution in [0.25, 0.3) is 0 Å². The smallest absolute Gasteiger partial charge is 0.317 e. The van der Waals surface area contributed by atoms with Crippen LogP contribution in [0.5, 0.6) is 11.5 Å². The van der Waals surface area contributed by atoms with Gasteiger partial charge in [-0.25, -0.2) is 4.79 Å². The van der Waals surface area contributed by atoms with Gasteiger partial charge in [-0.2, -0.15) is 5.10 Å². The van der Waals surface area contributed by atoms with Crippen molar-refractivity contribution in [3.05, 3.63) is 41.7 Å². The Morgan fingerprint density at radius 1 is 1.38 bits per heavy atom.